The van der Waals surface area contributed by atoms with Crippen LogP contribution in [0.1, 0.15) is 15.9 Å². The minimum Gasteiger partial charge on any atom is -0.495 e. The normalized spacial score (nSPS) is 9.77. The summed E-state index contributed by atoms with van der Waals surface area (Å²) in [5.41, 5.74) is 5.94. The highest BCUT2D eigenvalue weighted by Crippen LogP contribution is 2.24. The van der Waals surface area contributed by atoms with Crippen molar-refractivity contribution < 1.29 is 9.53 Å². The molecule has 0 fully saturated rings. The number of aromatic nitrogens is 1. The van der Waals surface area contributed by atoms with E-state index in [1.165, 1.54) is 13.3 Å². The second kappa shape index (κ2) is 3.62. The standard InChI is InChI=1S/C8H9ClN2O2/c1-4-5(13-2)3-11-7(9)6(4)8(10)12/h3H,1-2H3,(H2,10,12). The third-order valence-electron chi connectivity index (χ3n) is 1.71. The molecule has 1 amide bonds. The van der Waals surface area contributed by atoms with E-state index in [2.05, 4.69) is 4.98 Å². The lowest BCUT2D eigenvalue weighted by molar-refractivity contribution is 0.0999. The summed E-state index contributed by atoms with van der Waals surface area (Å²) in [5, 5.41) is 0.103. The smallest absolute Gasteiger partial charge is 0.252 e. The Labute approximate surface area is 80.7 Å². The summed E-state index contributed by atoms with van der Waals surface area (Å²) in [4.78, 5) is 14.7. The van der Waals surface area contributed by atoms with Crippen molar-refractivity contribution in [2.24, 2.45) is 5.73 Å². The highest BCUT2D eigenvalue weighted by atomic mass is 35.5. The Morgan fingerprint density at radius 2 is 2.31 bits per heavy atom. The molecule has 0 saturated carbocycles. The molecule has 4 nitrogen and oxygen atoms in total. The van der Waals surface area contributed by atoms with Crippen LogP contribution in [-0.2, 0) is 0 Å². The van der Waals surface area contributed by atoms with Crippen molar-refractivity contribution in [2.45, 2.75) is 6.92 Å². The SMILES string of the molecule is COc1cnc(Cl)c(C(N)=O)c1C. The number of hydrogen-bond donors (Lipinski definition) is 1. The molecule has 0 saturated heterocycles. The van der Waals surface area contributed by atoms with Crippen molar-refractivity contribution in [3.8, 4) is 5.75 Å². The van der Waals surface area contributed by atoms with Crippen LogP contribution in [0.25, 0.3) is 0 Å². The molecule has 0 aliphatic heterocycles. The number of ether oxygens (including phenoxy) is 1. The number of nitrogens with zero attached hydrogens (tertiary/aromatic N) is 1. The fraction of sp³-hybridized carbons (Fsp3) is 0.250. The van der Waals surface area contributed by atoms with Gasteiger partial charge >= 0.3 is 0 Å². The van der Waals surface area contributed by atoms with Gasteiger partial charge in [0.2, 0.25) is 0 Å². The Morgan fingerprint density at radius 1 is 1.69 bits per heavy atom. The lowest BCUT2D eigenvalue weighted by Crippen LogP contribution is -2.14. The maximum atomic E-state index is 11.0. The molecule has 0 spiro atoms. The molecular weight excluding hydrogens is 192 g/mol. The summed E-state index contributed by atoms with van der Waals surface area (Å²) in [7, 11) is 1.49. The van der Waals surface area contributed by atoms with Gasteiger partial charge in [-0.2, -0.15) is 0 Å². The molecule has 0 aromatic carbocycles. The summed E-state index contributed by atoms with van der Waals surface area (Å²) < 4.78 is 4.96. The molecule has 1 rings (SSSR count). The number of carbonyl (C=O) groups is 1. The van der Waals surface area contributed by atoms with Gasteiger partial charge in [-0.15, -0.1) is 0 Å². The quantitative estimate of drug-likeness (QED) is 0.729. The van der Waals surface area contributed by atoms with Crippen LogP contribution in [0, 0.1) is 6.92 Å². The van der Waals surface area contributed by atoms with Crippen molar-refractivity contribution in [3.63, 3.8) is 0 Å². The van der Waals surface area contributed by atoms with Gasteiger partial charge in [-0.3, -0.25) is 4.79 Å². The number of nitrogens with two attached hydrogens (primary N) is 1. The summed E-state index contributed by atoms with van der Waals surface area (Å²) in [5.74, 6) is -0.105. The molecule has 1 heterocycles. The number of carbonyl (C=O) groups excluding carboxylic acids is 1. The highest BCUT2D eigenvalue weighted by Gasteiger charge is 2.14. The van der Waals surface area contributed by atoms with Crippen molar-refractivity contribution in [3.05, 3.63) is 22.5 Å². The number of halogens is 1. The molecule has 1 aromatic rings. The van der Waals surface area contributed by atoms with Gasteiger partial charge in [0.25, 0.3) is 5.91 Å². The molecule has 0 aliphatic rings. The van der Waals surface area contributed by atoms with Crippen molar-refractivity contribution in [1.29, 1.82) is 0 Å². The Bertz CT molecular complexity index is 352. The lowest BCUT2D eigenvalue weighted by atomic mass is 10.1. The van der Waals surface area contributed by atoms with E-state index in [0.29, 0.717) is 11.3 Å². The van der Waals surface area contributed by atoms with Crippen LogP contribution in [0.15, 0.2) is 6.20 Å². The molecule has 0 unspecified atom stereocenters. The maximum Gasteiger partial charge on any atom is 0.252 e. The minimum absolute atomic E-state index is 0.103. The lowest BCUT2D eigenvalue weighted by Gasteiger charge is -2.07. The topological polar surface area (TPSA) is 65.2 Å². The zero-order valence-corrected chi connectivity index (χ0v) is 8.05. The average Bonchev–Trinajstić information content (AvgIpc) is 2.04. The first-order chi connectivity index (χ1) is 6.07. The summed E-state index contributed by atoms with van der Waals surface area (Å²) >= 11 is 5.69. The molecule has 0 radical (unpaired) electrons. The van der Waals surface area contributed by atoms with E-state index < -0.39 is 5.91 Å². The van der Waals surface area contributed by atoms with E-state index in [0.717, 1.165) is 0 Å². The summed E-state index contributed by atoms with van der Waals surface area (Å²) in [6.45, 7) is 1.70. The fourth-order valence-corrected chi connectivity index (χ4v) is 1.33. The first kappa shape index (κ1) is 9.80. The van der Waals surface area contributed by atoms with Crippen LogP contribution >= 0.6 is 11.6 Å². The number of pyridine rings is 1. The Balaban J connectivity index is 3.38. The third kappa shape index (κ3) is 1.72. The number of primary amides is 1. The first-order valence-corrected chi connectivity index (χ1v) is 3.94. The fourth-order valence-electron chi connectivity index (χ4n) is 1.05. The molecule has 70 valence electrons. The second-order valence-corrected chi connectivity index (χ2v) is 2.84. The van der Waals surface area contributed by atoms with Gasteiger partial charge in [0, 0.05) is 5.56 Å². The maximum absolute atomic E-state index is 11.0. The van der Waals surface area contributed by atoms with Gasteiger partial charge in [0.05, 0.1) is 18.9 Å². The average molecular weight is 201 g/mol. The Hall–Kier alpha value is -1.29. The van der Waals surface area contributed by atoms with Crippen LogP contribution in [0.3, 0.4) is 0 Å². The van der Waals surface area contributed by atoms with Crippen molar-refractivity contribution in [2.75, 3.05) is 7.11 Å². The molecule has 5 heteroatoms. The van der Waals surface area contributed by atoms with Gasteiger partial charge in [-0.05, 0) is 6.92 Å². The monoisotopic (exact) mass is 200 g/mol. The van der Waals surface area contributed by atoms with Gasteiger partial charge in [0.1, 0.15) is 10.9 Å². The molecule has 13 heavy (non-hydrogen) atoms. The van der Waals surface area contributed by atoms with E-state index in [-0.39, 0.29) is 10.7 Å². The van der Waals surface area contributed by atoms with Gasteiger partial charge in [-0.25, -0.2) is 4.98 Å². The molecule has 0 bridgehead atoms. The van der Waals surface area contributed by atoms with E-state index in [9.17, 15) is 4.79 Å². The molecule has 0 aliphatic carbocycles. The number of methoxy groups -OCH3 is 1. The van der Waals surface area contributed by atoms with Crippen LogP contribution in [0.5, 0.6) is 5.75 Å². The molecule has 0 atom stereocenters. The number of hydrogen-bond acceptors (Lipinski definition) is 3. The molecule has 1 aromatic heterocycles. The van der Waals surface area contributed by atoms with Crippen LogP contribution in [0.4, 0.5) is 0 Å². The predicted molar refractivity (Wildman–Crippen MR) is 49.1 cm³/mol. The van der Waals surface area contributed by atoms with Crippen LogP contribution < -0.4 is 10.5 Å². The van der Waals surface area contributed by atoms with Gasteiger partial charge in [0.15, 0.2) is 0 Å². The summed E-state index contributed by atoms with van der Waals surface area (Å²) in [6.07, 6.45) is 1.45. The Morgan fingerprint density at radius 3 is 2.77 bits per heavy atom. The number of rotatable bonds is 2. The van der Waals surface area contributed by atoms with E-state index in [1.807, 2.05) is 0 Å². The van der Waals surface area contributed by atoms with Crippen molar-refractivity contribution >= 4 is 17.5 Å². The first-order valence-electron chi connectivity index (χ1n) is 3.56. The van der Waals surface area contributed by atoms with E-state index in [1.54, 1.807) is 6.92 Å². The second-order valence-electron chi connectivity index (χ2n) is 2.48. The highest BCUT2D eigenvalue weighted by molar-refractivity contribution is 6.32. The van der Waals surface area contributed by atoms with Gasteiger partial charge in [-0.1, -0.05) is 11.6 Å². The third-order valence-corrected chi connectivity index (χ3v) is 2.00. The van der Waals surface area contributed by atoms with Gasteiger partial charge < -0.3 is 10.5 Å². The zero-order valence-electron chi connectivity index (χ0n) is 7.30. The molecular formula is C8H9ClN2O2. The molecule has 2 N–H and O–H groups in total. The van der Waals surface area contributed by atoms with Crippen molar-refractivity contribution in [1.82, 2.24) is 4.98 Å². The predicted octanol–water partition coefficient (Wildman–Crippen LogP) is 1.15. The Kier molecular flexibility index (Phi) is 2.72. The minimum atomic E-state index is -0.603. The zero-order chi connectivity index (χ0) is 10.0. The number of amides is 1. The van der Waals surface area contributed by atoms with E-state index in [4.69, 9.17) is 22.1 Å². The van der Waals surface area contributed by atoms with Crippen LogP contribution in [-0.4, -0.2) is 18.0 Å². The largest absolute Gasteiger partial charge is 0.495 e. The van der Waals surface area contributed by atoms with Crippen LogP contribution in [0.2, 0.25) is 5.15 Å². The van der Waals surface area contributed by atoms with E-state index >= 15 is 0 Å². The summed E-state index contributed by atoms with van der Waals surface area (Å²) in [6, 6.07) is 0.